The molecule has 0 aliphatic carbocycles. The number of carbonyl (C=O) groups excluding carboxylic acids is 1. The van der Waals surface area contributed by atoms with Gasteiger partial charge in [0.25, 0.3) is 5.91 Å². The van der Waals surface area contributed by atoms with Gasteiger partial charge in [0.2, 0.25) is 15.9 Å². The molecule has 4 rings (SSSR count). The van der Waals surface area contributed by atoms with E-state index in [2.05, 4.69) is 29.4 Å². The molecule has 1 amide bonds. The lowest BCUT2D eigenvalue weighted by Gasteiger charge is -2.34. The topological polar surface area (TPSA) is 105 Å². The van der Waals surface area contributed by atoms with Gasteiger partial charge in [0.15, 0.2) is 0 Å². The average molecular weight is 469 g/mol. The Morgan fingerprint density at radius 1 is 1.03 bits per heavy atom. The maximum atomic E-state index is 13.0. The molecule has 1 aromatic heterocycles. The number of aryl methyl sites for hydroxylation is 1. The summed E-state index contributed by atoms with van der Waals surface area (Å²) in [5, 5.41) is 10.4. The zero-order valence-electron chi connectivity index (χ0n) is 19.0. The third-order valence-corrected chi connectivity index (χ3v) is 7.60. The van der Waals surface area contributed by atoms with Crippen molar-refractivity contribution >= 4 is 21.9 Å². The second kappa shape index (κ2) is 9.44. The Labute approximate surface area is 194 Å². The molecule has 1 aliphatic heterocycles. The van der Waals surface area contributed by atoms with E-state index < -0.39 is 15.9 Å². The van der Waals surface area contributed by atoms with Crippen LogP contribution in [0.5, 0.6) is 0 Å². The van der Waals surface area contributed by atoms with Gasteiger partial charge in [0.05, 0.1) is 11.3 Å². The summed E-state index contributed by atoms with van der Waals surface area (Å²) in [6, 6.07) is 13.9. The number of piperidine rings is 1. The maximum Gasteiger partial charge on any atom is 0.322 e. The van der Waals surface area contributed by atoms with Crippen LogP contribution < -0.4 is 5.32 Å². The van der Waals surface area contributed by atoms with E-state index in [-0.39, 0.29) is 10.9 Å². The minimum absolute atomic E-state index is 0.00454. The van der Waals surface area contributed by atoms with Gasteiger partial charge in [-0.05, 0) is 55.0 Å². The van der Waals surface area contributed by atoms with Crippen LogP contribution in [0, 0.1) is 18.8 Å². The maximum absolute atomic E-state index is 13.0. The first-order chi connectivity index (χ1) is 15.7. The van der Waals surface area contributed by atoms with Crippen molar-refractivity contribution in [3.8, 4) is 0 Å². The average Bonchev–Trinajstić information content (AvgIpc) is 3.21. The Morgan fingerprint density at radius 3 is 2.30 bits per heavy atom. The molecule has 3 aromatic rings. The number of carbonyl (C=O) groups is 1. The highest BCUT2D eigenvalue weighted by Gasteiger charge is 2.31. The summed E-state index contributed by atoms with van der Waals surface area (Å²) >= 11 is 0. The molecule has 1 aliphatic rings. The summed E-state index contributed by atoms with van der Waals surface area (Å²) in [5.74, 6) is 0.572. The normalized spacial score (nSPS) is 19.4. The van der Waals surface area contributed by atoms with Crippen LogP contribution in [0.4, 0.5) is 6.01 Å². The van der Waals surface area contributed by atoms with E-state index in [1.54, 1.807) is 0 Å². The molecule has 8 nitrogen and oxygen atoms in total. The lowest BCUT2D eigenvalue weighted by atomic mass is 9.94. The summed E-state index contributed by atoms with van der Waals surface area (Å²) in [7, 11) is -3.60. The van der Waals surface area contributed by atoms with Crippen LogP contribution >= 0.6 is 0 Å². The largest absolute Gasteiger partial charge is 0.407 e. The van der Waals surface area contributed by atoms with Crippen molar-refractivity contribution in [3.05, 3.63) is 71.1 Å². The number of hydrogen-bond donors (Lipinski definition) is 1. The number of benzene rings is 2. The first kappa shape index (κ1) is 23.1. The Bertz CT molecular complexity index is 1210. The Morgan fingerprint density at radius 2 is 1.67 bits per heavy atom. The Balaban J connectivity index is 1.40. The molecular weight excluding hydrogens is 440 g/mol. The van der Waals surface area contributed by atoms with Crippen molar-refractivity contribution in [1.29, 1.82) is 0 Å². The highest BCUT2D eigenvalue weighted by molar-refractivity contribution is 7.89. The zero-order valence-corrected chi connectivity index (χ0v) is 19.8. The summed E-state index contributed by atoms with van der Waals surface area (Å²) in [6.07, 6.45) is 1.48. The molecule has 2 unspecified atom stereocenters. The van der Waals surface area contributed by atoms with Crippen molar-refractivity contribution in [2.24, 2.45) is 11.8 Å². The molecular formula is C24H28N4O4S. The van der Waals surface area contributed by atoms with Gasteiger partial charge in [-0.15, -0.1) is 5.10 Å². The van der Waals surface area contributed by atoms with Gasteiger partial charge in [0.1, 0.15) is 0 Å². The molecule has 1 N–H and O–H groups in total. The third-order valence-electron chi connectivity index (χ3n) is 5.75. The molecule has 2 atom stereocenters. The van der Waals surface area contributed by atoms with Gasteiger partial charge < -0.3 is 4.42 Å². The highest BCUT2D eigenvalue weighted by atomic mass is 32.2. The lowest BCUT2D eigenvalue weighted by molar-refractivity contribution is 0.102. The van der Waals surface area contributed by atoms with E-state index in [4.69, 9.17) is 4.42 Å². The van der Waals surface area contributed by atoms with E-state index in [0.717, 1.165) is 17.5 Å². The molecule has 0 spiro atoms. The van der Waals surface area contributed by atoms with E-state index >= 15 is 0 Å². The van der Waals surface area contributed by atoms with Gasteiger partial charge in [-0.2, -0.15) is 4.31 Å². The molecule has 1 fully saturated rings. The molecule has 0 radical (unpaired) electrons. The van der Waals surface area contributed by atoms with Crippen LogP contribution in [-0.2, 0) is 16.4 Å². The first-order valence-electron chi connectivity index (χ1n) is 11.0. The highest BCUT2D eigenvalue weighted by Crippen LogP contribution is 2.27. The molecule has 1 saturated heterocycles. The predicted octanol–water partition coefficient (Wildman–Crippen LogP) is 3.89. The number of anilines is 1. The van der Waals surface area contributed by atoms with Gasteiger partial charge in [0, 0.05) is 18.7 Å². The number of hydrogen-bond acceptors (Lipinski definition) is 6. The second-order valence-corrected chi connectivity index (χ2v) is 10.8. The molecule has 174 valence electrons. The van der Waals surface area contributed by atoms with Crippen LogP contribution in [0.1, 0.15) is 47.6 Å². The number of nitrogens with one attached hydrogen (secondary N) is 1. The number of aromatic nitrogens is 2. The summed E-state index contributed by atoms with van der Waals surface area (Å²) in [6.45, 7) is 7.17. The predicted molar refractivity (Wildman–Crippen MR) is 124 cm³/mol. The lowest BCUT2D eigenvalue weighted by Crippen LogP contribution is -2.42. The van der Waals surface area contributed by atoms with Crippen molar-refractivity contribution in [1.82, 2.24) is 14.5 Å². The molecule has 2 aromatic carbocycles. The first-order valence-corrected chi connectivity index (χ1v) is 12.4. The van der Waals surface area contributed by atoms with E-state index in [0.29, 0.717) is 42.8 Å². The molecule has 2 heterocycles. The van der Waals surface area contributed by atoms with Crippen LogP contribution in [0.25, 0.3) is 0 Å². The van der Waals surface area contributed by atoms with Crippen LogP contribution in [0.3, 0.4) is 0 Å². The number of nitrogens with zero attached hydrogens (tertiary/aromatic N) is 3. The smallest absolute Gasteiger partial charge is 0.322 e. The zero-order chi connectivity index (χ0) is 23.6. The van der Waals surface area contributed by atoms with Gasteiger partial charge >= 0.3 is 6.01 Å². The van der Waals surface area contributed by atoms with Crippen molar-refractivity contribution in [2.45, 2.75) is 38.5 Å². The van der Waals surface area contributed by atoms with E-state index in [1.165, 1.54) is 28.6 Å². The fourth-order valence-corrected chi connectivity index (χ4v) is 5.83. The fourth-order valence-electron chi connectivity index (χ4n) is 4.15. The fraction of sp³-hybridized carbons (Fsp3) is 0.375. The van der Waals surface area contributed by atoms with Crippen molar-refractivity contribution < 1.29 is 17.6 Å². The SMILES string of the molecule is Cc1ccc(Cc2nnc(NC(=O)c3ccc(S(=O)(=O)N4CC(C)CC(C)C4)cc3)o2)cc1. The summed E-state index contributed by atoms with van der Waals surface area (Å²) < 4.78 is 33.1. The second-order valence-electron chi connectivity index (χ2n) is 8.91. The monoisotopic (exact) mass is 468 g/mol. The van der Waals surface area contributed by atoms with Gasteiger partial charge in [-0.3, -0.25) is 10.1 Å². The van der Waals surface area contributed by atoms with Crippen molar-refractivity contribution in [2.75, 3.05) is 18.4 Å². The third kappa shape index (κ3) is 5.48. The van der Waals surface area contributed by atoms with E-state index in [9.17, 15) is 13.2 Å². The molecule has 9 heteroatoms. The molecule has 33 heavy (non-hydrogen) atoms. The Kier molecular flexibility index (Phi) is 6.62. The number of sulfonamides is 1. The molecule has 0 bridgehead atoms. The van der Waals surface area contributed by atoms with E-state index in [1.807, 2.05) is 31.2 Å². The van der Waals surface area contributed by atoms with Gasteiger partial charge in [-0.25, -0.2) is 8.42 Å². The minimum Gasteiger partial charge on any atom is -0.407 e. The summed E-state index contributed by atoms with van der Waals surface area (Å²) in [5.41, 5.74) is 2.49. The van der Waals surface area contributed by atoms with Crippen molar-refractivity contribution in [3.63, 3.8) is 0 Å². The number of rotatable bonds is 6. The standard InChI is InChI=1S/C24H28N4O4S/c1-16-4-6-19(7-5-16)13-22-26-27-24(32-22)25-23(29)20-8-10-21(11-9-20)33(30,31)28-14-17(2)12-18(3)15-28/h4-11,17-18H,12-15H2,1-3H3,(H,25,27,29). The van der Waals surface area contributed by atoms with Crippen LogP contribution in [0.15, 0.2) is 57.8 Å². The van der Waals surface area contributed by atoms with Gasteiger partial charge in [-0.1, -0.05) is 48.8 Å². The minimum atomic E-state index is -3.60. The van der Waals surface area contributed by atoms with Crippen LogP contribution in [0.2, 0.25) is 0 Å². The summed E-state index contributed by atoms with van der Waals surface area (Å²) in [4.78, 5) is 12.7. The molecule has 0 saturated carbocycles. The van der Waals surface area contributed by atoms with Crippen LogP contribution in [-0.4, -0.2) is 41.9 Å². The number of amides is 1. The quantitative estimate of drug-likeness (QED) is 0.588. The Hall–Kier alpha value is -3.04.